The second-order valence-electron chi connectivity index (χ2n) is 5.90. The molecule has 25 heavy (non-hydrogen) atoms. The zero-order valence-electron chi connectivity index (χ0n) is 14.4. The average Bonchev–Trinajstić information content (AvgIpc) is 2.93. The van der Waals surface area contributed by atoms with Crippen LogP contribution in [0.1, 0.15) is 25.0 Å². The summed E-state index contributed by atoms with van der Waals surface area (Å²) in [5.74, 6) is 0.985. The Labute approximate surface area is 147 Å². The van der Waals surface area contributed by atoms with Gasteiger partial charge in [-0.2, -0.15) is 0 Å². The van der Waals surface area contributed by atoms with Gasteiger partial charge in [0.1, 0.15) is 6.10 Å². The number of ether oxygens (including phenoxy) is 2. The van der Waals surface area contributed by atoms with Crippen LogP contribution >= 0.6 is 0 Å². The molecule has 1 saturated heterocycles. The fraction of sp³-hybridized carbons (Fsp3) is 0.368. The molecule has 1 atom stereocenters. The summed E-state index contributed by atoms with van der Waals surface area (Å²) < 4.78 is 11.4. The Morgan fingerprint density at radius 2 is 2.04 bits per heavy atom. The number of anilines is 1. The van der Waals surface area contributed by atoms with E-state index in [1.165, 1.54) is 0 Å². The molecule has 132 valence electrons. The topological polar surface area (TPSA) is 63.7 Å². The molecule has 0 aliphatic carbocycles. The van der Waals surface area contributed by atoms with E-state index >= 15 is 0 Å². The number of carbonyl (C=O) groups excluding carboxylic acids is 1. The summed E-state index contributed by atoms with van der Waals surface area (Å²) in [5.41, 5.74) is 1.06. The monoisotopic (exact) mass is 341 g/mol. The van der Waals surface area contributed by atoms with Crippen molar-refractivity contribution in [3.05, 3.63) is 54.2 Å². The number of nitrogens with zero attached hydrogens (tertiary/aromatic N) is 2. The van der Waals surface area contributed by atoms with Gasteiger partial charge in [0.25, 0.3) is 0 Å². The molecule has 6 nitrogen and oxygen atoms in total. The van der Waals surface area contributed by atoms with E-state index in [0.29, 0.717) is 37.9 Å². The summed E-state index contributed by atoms with van der Waals surface area (Å²) in [4.78, 5) is 18.5. The van der Waals surface area contributed by atoms with Gasteiger partial charge in [-0.15, -0.1) is 0 Å². The summed E-state index contributed by atoms with van der Waals surface area (Å²) in [7, 11) is 0. The first kappa shape index (κ1) is 17.2. The molecule has 0 spiro atoms. The molecular weight excluding hydrogens is 318 g/mol. The lowest BCUT2D eigenvalue weighted by atomic mass is 10.1. The highest BCUT2D eigenvalue weighted by Gasteiger charge is 2.18. The van der Waals surface area contributed by atoms with Gasteiger partial charge in [0, 0.05) is 25.9 Å². The van der Waals surface area contributed by atoms with Crippen molar-refractivity contribution in [3.8, 4) is 5.75 Å². The molecule has 1 aromatic heterocycles. The molecule has 2 heterocycles. The molecule has 1 unspecified atom stereocenters. The predicted molar refractivity (Wildman–Crippen MR) is 95.7 cm³/mol. The van der Waals surface area contributed by atoms with Gasteiger partial charge in [0.15, 0.2) is 11.6 Å². The fourth-order valence-electron chi connectivity index (χ4n) is 2.69. The van der Waals surface area contributed by atoms with Gasteiger partial charge in [-0.25, -0.2) is 9.78 Å². The lowest BCUT2D eigenvalue weighted by molar-refractivity contribution is 0.144. The minimum Gasteiger partial charge on any atom is -0.482 e. The van der Waals surface area contributed by atoms with E-state index in [2.05, 4.69) is 10.3 Å². The van der Waals surface area contributed by atoms with Crippen LogP contribution in [0.25, 0.3) is 0 Å². The van der Waals surface area contributed by atoms with Crippen LogP contribution in [-0.4, -0.2) is 42.2 Å². The van der Waals surface area contributed by atoms with Gasteiger partial charge in [0.2, 0.25) is 0 Å². The van der Waals surface area contributed by atoms with Crippen molar-refractivity contribution in [2.24, 2.45) is 0 Å². The molecule has 2 amide bonds. The molecule has 1 N–H and O–H groups in total. The Kier molecular flexibility index (Phi) is 5.85. The zero-order chi connectivity index (χ0) is 17.5. The van der Waals surface area contributed by atoms with Crippen molar-refractivity contribution in [1.82, 2.24) is 9.88 Å². The molecule has 1 aliphatic heterocycles. The first-order chi connectivity index (χ1) is 12.2. The Hall–Kier alpha value is -2.60. The summed E-state index contributed by atoms with van der Waals surface area (Å²) in [6.45, 7) is 4.48. The quantitative estimate of drug-likeness (QED) is 0.925. The van der Waals surface area contributed by atoms with E-state index in [-0.39, 0.29) is 12.1 Å². The summed E-state index contributed by atoms with van der Waals surface area (Å²) in [6.07, 6.45) is 2.33. The standard InChI is InChI=1S/C19H23N3O3/c1-15(16-7-3-2-4-8-16)25-17-9-5-10-20-18(17)21-19(23)22-11-6-13-24-14-12-22/h2-5,7-10,15H,6,11-14H2,1H3,(H,20,21,23). The number of carbonyl (C=O) groups is 1. The highest BCUT2D eigenvalue weighted by Crippen LogP contribution is 2.27. The van der Waals surface area contributed by atoms with Crippen LogP contribution in [0.3, 0.4) is 0 Å². The van der Waals surface area contributed by atoms with Crippen LogP contribution in [0.4, 0.5) is 10.6 Å². The van der Waals surface area contributed by atoms with E-state index in [9.17, 15) is 4.79 Å². The van der Waals surface area contributed by atoms with Gasteiger partial charge in [-0.05, 0) is 31.0 Å². The minimum atomic E-state index is -0.179. The number of hydrogen-bond acceptors (Lipinski definition) is 4. The van der Waals surface area contributed by atoms with E-state index in [0.717, 1.165) is 12.0 Å². The molecule has 1 aromatic carbocycles. The summed E-state index contributed by atoms with van der Waals surface area (Å²) >= 11 is 0. The van der Waals surface area contributed by atoms with Crippen molar-refractivity contribution >= 4 is 11.8 Å². The molecule has 0 saturated carbocycles. The molecule has 1 fully saturated rings. The van der Waals surface area contributed by atoms with Crippen molar-refractivity contribution in [3.63, 3.8) is 0 Å². The number of aromatic nitrogens is 1. The van der Waals surface area contributed by atoms with Gasteiger partial charge >= 0.3 is 6.03 Å². The molecule has 1 aliphatic rings. The van der Waals surface area contributed by atoms with Crippen LogP contribution in [0.5, 0.6) is 5.75 Å². The largest absolute Gasteiger partial charge is 0.482 e. The van der Waals surface area contributed by atoms with Gasteiger partial charge in [0.05, 0.1) is 6.61 Å². The second-order valence-corrected chi connectivity index (χ2v) is 5.90. The minimum absolute atomic E-state index is 0.146. The number of benzene rings is 1. The Balaban J connectivity index is 1.69. The van der Waals surface area contributed by atoms with Crippen LogP contribution in [0.2, 0.25) is 0 Å². The summed E-state index contributed by atoms with van der Waals surface area (Å²) in [6, 6.07) is 13.4. The molecule has 2 aromatic rings. The third-order valence-electron chi connectivity index (χ3n) is 4.08. The first-order valence-electron chi connectivity index (χ1n) is 8.54. The maximum Gasteiger partial charge on any atom is 0.323 e. The molecule has 3 rings (SSSR count). The Morgan fingerprint density at radius 3 is 2.88 bits per heavy atom. The van der Waals surface area contributed by atoms with Crippen LogP contribution in [0.15, 0.2) is 48.7 Å². The van der Waals surface area contributed by atoms with Gasteiger partial charge in [-0.1, -0.05) is 30.3 Å². The highest BCUT2D eigenvalue weighted by atomic mass is 16.5. The van der Waals surface area contributed by atoms with E-state index in [1.807, 2.05) is 43.3 Å². The third kappa shape index (κ3) is 4.70. The van der Waals surface area contributed by atoms with Gasteiger partial charge < -0.3 is 14.4 Å². The summed E-state index contributed by atoms with van der Waals surface area (Å²) in [5, 5.41) is 2.86. The Morgan fingerprint density at radius 1 is 1.20 bits per heavy atom. The molecular formula is C19H23N3O3. The second kappa shape index (κ2) is 8.48. The smallest absolute Gasteiger partial charge is 0.323 e. The number of amides is 2. The van der Waals surface area contributed by atoms with Crippen LogP contribution < -0.4 is 10.1 Å². The van der Waals surface area contributed by atoms with Crippen molar-refractivity contribution in [2.45, 2.75) is 19.4 Å². The van der Waals surface area contributed by atoms with Gasteiger partial charge in [-0.3, -0.25) is 5.32 Å². The van der Waals surface area contributed by atoms with E-state index < -0.39 is 0 Å². The maximum absolute atomic E-state index is 12.5. The van der Waals surface area contributed by atoms with Crippen molar-refractivity contribution < 1.29 is 14.3 Å². The van der Waals surface area contributed by atoms with Crippen LogP contribution in [0, 0.1) is 0 Å². The number of pyridine rings is 1. The molecule has 0 radical (unpaired) electrons. The predicted octanol–water partition coefficient (Wildman–Crippen LogP) is 3.48. The highest BCUT2D eigenvalue weighted by molar-refractivity contribution is 5.89. The van der Waals surface area contributed by atoms with Crippen molar-refractivity contribution in [2.75, 3.05) is 31.6 Å². The number of urea groups is 1. The third-order valence-corrected chi connectivity index (χ3v) is 4.08. The number of hydrogen-bond donors (Lipinski definition) is 1. The zero-order valence-corrected chi connectivity index (χ0v) is 14.4. The molecule has 0 bridgehead atoms. The van der Waals surface area contributed by atoms with E-state index in [1.54, 1.807) is 17.2 Å². The Bertz CT molecular complexity index is 685. The lowest BCUT2D eigenvalue weighted by Crippen LogP contribution is -2.37. The first-order valence-corrected chi connectivity index (χ1v) is 8.54. The lowest BCUT2D eigenvalue weighted by Gasteiger charge is -2.21. The molecule has 6 heteroatoms. The average molecular weight is 341 g/mol. The normalized spacial score (nSPS) is 16.0. The van der Waals surface area contributed by atoms with Crippen molar-refractivity contribution in [1.29, 1.82) is 0 Å². The SMILES string of the molecule is CC(Oc1cccnc1NC(=O)N1CCCOCC1)c1ccccc1. The van der Waals surface area contributed by atoms with E-state index in [4.69, 9.17) is 9.47 Å². The fourth-order valence-corrected chi connectivity index (χ4v) is 2.69. The van der Waals surface area contributed by atoms with Crippen LogP contribution in [-0.2, 0) is 4.74 Å². The number of nitrogens with one attached hydrogen (secondary N) is 1. The number of rotatable bonds is 4. The maximum atomic E-state index is 12.5.